The van der Waals surface area contributed by atoms with Crippen molar-refractivity contribution in [1.29, 1.82) is 0 Å². The third-order valence-electron chi connectivity index (χ3n) is 5.88. The molecule has 1 aromatic carbocycles. The lowest BCUT2D eigenvalue weighted by Crippen LogP contribution is -2.42. The van der Waals surface area contributed by atoms with Crippen molar-refractivity contribution in [3.05, 3.63) is 35.0 Å². The second kappa shape index (κ2) is 7.20. The quantitative estimate of drug-likeness (QED) is 0.914. The standard InChI is InChI=1S/C21H31N3O/c1-14(2)23(5)13-17-8-10-24(11-9-17)21(25)18-6-7-20-19(12-18)15(3)16(4)22-20/h6-7,12,14,17,22H,8-11,13H2,1-5H3. The monoisotopic (exact) mass is 341 g/mol. The van der Waals surface area contributed by atoms with Crippen LogP contribution in [0.4, 0.5) is 0 Å². The summed E-state index contributed by atoms with van der Waals surface area (Å²) in [5.41, 5.74) is 4.34. The number of amides is 1. The van der Waals surface area contributed by atoms with Crippen molar-refractivity contribution in [3.63, 3.8) is 0 Å². The van der Waals surface area contributed by atoms with E-state index in [1.54, 1.807) is 0 Å². The predicted molar refractivity (Wildman–Crippen MR) is 104 cm³/mol. The Labute approximate surface area is 151 Å². The molecule has 136 valence electrons. The van der Waals surface area contributed by atoms with Crippen molar-refractivity contribution in [2.75, 3.05) is 26.7 Å². The first kappa shape index (κ1) is 18.0. The van der Waals surface area contributed by atoms with Crippen LogP contribution in [0.15, 0.2) is 18.2 Å². The van der Waals surface area contributed by atoms with Gasteiger partial charge in [0.15, 0.2) is 0 Å². The van der Waals surface area contributed by atoms with Gasteiger partial charge in [0.1, 0.15) is 0 Å². The minimum atomic E-state index is 0.177. The summed E-state index contributed by atoms with van der Waals surface area (Å²) in [6, 6.07) is 6.63. The van der Waals surface area contributed by atoms with Crippen LogP contribution in [0, 0.1) is 19.8 Å². The van der Waals surface area contributed by atoms with Crippen molar-refractivity contribution < 1.29 is 4.79 Å². The Morgan fingerprint density at radius 1 is 1.28 bits per heavy atom. The predicted octanol–water partition coefficient (Wildman–Crippen LogP) is 3.98. The lowest BCUT2D eigenvalue weighted by atomic mass is 9.95. The number of nitrogens with one attached hydrogen (secondary N) is 1. The lowest BCUT2D eigenvalue weighted by molar-refractivity contribution is 0.0666. The summed E-state index contributed by atoms with van der Waals surface area (Å²) in [6.07, 6.45) is 2.21. The first-order chi connectivity index (χ1) is 11.9. The minimum absolute atomic E-state index is 0.177. The number of aromatic amines is 1. The number of benzene rings is 1. The molecule has 0 aliphatic carbocycles. The molecule has 0 spiro atoms. The van der Waals surface area contributed by atoms with Crippen molar-refractivity contribution in [2.45, 2.75) is 46.6 Å². The Kier molecular flexibility index (Phi) is 5.19. The van der Waals surface area contributed by atoms with Crippen LogP contribution in [-0.4, -0.2) is 53.4 Å². The molecule has 2 aromatic rings. The molecule has 1 aliphatic rings. The van der Waals surface area contributed by atoms with E-state index < -0.39 is 0 Å². The molecule has 25 heavy (non-hydrogen) atoms. The summed E-state index contributed by atoms with van der Waals surface area (Å²) < 4.78 is 0. The van der Waals surface area contributed by atoms with E-state index in [2.05, 4.69) is 50.7 Å². The van der Waals surface area contributed by atoms with Gasteiger partial charge in [0.25, 0.3) is 5.91 Å². The summed E-state index contributed by atoms with van der Waals surface area (Å²) in [7, 11) is 2.19. The van der Waals surface area contributed by atoms with Crippen LogP contribution in [-0.2, 0) is 0 Å². The first-order valence-corrected chi connectivity index (χ1v) is 9.45. The van der Waals surface area contributed by atoms with E-state index in [1.807, 2.05) is 17.0 Å². The molecule has 0 atom stereocenters. The number of hydrogen-bond donors (Lipinski definition) is 1. The van der Waals surface area contributed by atoms with Crippen LogP contribution in [0.3, 0.4) is 0 Å². The highest BCUT2D eigenvalue weighted by Gasteiger charge is 2.25. The van der Waals surface area contributed by atoms with E-state index in [4.69, 9.17) is 0 Å². The molecule has 4 nitrogen and oxygen atoms in total. The van der Waals surface area contributed by atoms with Gasteiger partial charge in [-0.25, -0.2) is 0 Å². The van der Waals surface area contributed by atoms with E-state index in [9.17, 15) is 4.79 Å². The number of carbonyl (C=O) groups excluding carboxylic acids is 1. The fourth-order valence-corrected chi connectivity index (χ4v) is 3.71. The zero-order valence-electron chi connectivity index (χ0n) is 16.2. The van der Waals surface area contributed by atoms with Crippen molar-refractivity contribution in [3.8, 4) is 0 Å². The molecule has 2 heterocycles. The first-order valence-electron chi connectivity index (χ1n) is 9.45. The number of H-pyrrole nitrogens is 1. The Morgan fingerprint density at radius 3 is 2.60 bits per heavy atom. The molecule has 1 aromatic heterocycles. The maximum atomic E-state index is 12.9. The number of aromatic nitrogens is 1. The van der Waals surface area contributed by atoms with Crippen LogP contribution in [0.5, 0.6) is 0 Å². The Hall–Kier alpha value is -1.81. The molecule has 1 N–H and O–H groups in total. The highest BCUT2D eigenvalue weighted by molar-refractivity contribution is 5.99. The summed E-state index contributed by atoms with van der Waals surface area (Å²) in [5, 5.41) is 1.16. The van der Waals surface area contributed by atoms with E-state index in [1.165, 1.54) is 11.3 Å². The van der Waals surface area contributed by atoms with Gasteiger partial charge in [-0.2, -0.15) is 0 Å². The van der Waals surface area contributed by atoms with Gasteiger partial charge >= 0.3 is 0 Å². The van der Waals surface area contributed by atoms with Gasteiger partial charge in [-0.3, -0.25) is 4.79 Å². The largest absolute Gasteiger partial charge is 0.358 e. The third-order valence-corrected chi connectivity index (χ3v) is 5.88. The van der Waals surface area contributed by atoms with Gasteiger partial charge in [0.2, 0.25) is 0 Å². The van der Waals surface area contributed by atoms with E-state index in [0.717, 1.165) is 48.9 Å². The Bertz CT molecular complexity index is 754. The number of carbonyl (C=O) groups is 1. The maximum absolute atomic E-state index is 12.9. The molecule has 1 saturated heterocycles. The number of aryl methyl sites for hydroxylation is 2. The number of fused-ring (bicyclic) bond motifs is 1. The van der Waals surface area contributed by atoms with E-state index in [-0.39, 0.29) is 5.91 Å². The van der Waals surface area contributed by atoms with E-state index >= 15 is 0 Å². The Balaban J connectivity index is 1.65. The summed E-state index contributed by atoms with van der Waals surface area (Å²) >= 11 is 0. The second-order valence-electron chi connectivity index (χ2n) is 7.90. The number of piperidine rings is 1. The van der Waals surface area contributed by atoms with Gasteiger partial charge in [-0.1, -0.05) is 0 Å². The zero-order valence-corrected chi connectivity index (χ0v) is 16.2. The molecule has 1 amide bonds. The minimum Gasteiger partial charge on any atom is -0.358 e. The molecule has 0 bridgehead atoms. The molecular weight excluding hydrogens is 310 g/mol. The summed E-state index contributed by atoms with van der Waals surface area (Å²) in [5.74, 6) is 0.879. The molecule has 3 rings (SSSR count). The highest BCUT2D eigenvalue weighted by atomic mass is 16.2. The SMILES string of the molecule is Cc1[nH]c2ccc(C(=O)N3CCC(CN(C)C(C)C)CC3)cc2c1C. The fourth-order valence-electron chi connectivity index (χ4n) is 3.71. The van der Waals surface area contributed by atoms with Crippen LogP contribution in [0.1, 0.15) is 48.3 Å². The van der Waals surface area contributed by atoms with Crippen molar-refractivity contribution >= 4 is 16.8 Å². The van der Waals surface area contributed by atoms with Gasteiger partial charge in [0, 0.05) is 47.8 Å². The summed E-state index contributed by atoms with van der Waals surface area (Å²) in [4.78, 5) is 20.7. The number of rotatable bonds is 4. The molecule has 4 heteroatoms. The van der Waals surface area contributed by atoms with Gasteiger partial charge in [-0.15, -0.1) is 0 Å². The topological polar surface area (TPSA) is 39.3 Å². The molecule has 1 fully saturated rings. The molecule has 0 radical (unpaired) electrons. The number of hydrogen-bond acceptors (Lipinski definition) is 2. The third kappa shape index (κ3) is 3.74. The second-order valence-corrected chi connectivity index (χ2v) is 7.90. The number of likely N-dealkylation sites (tertiary alicyclic amines) is 1. The molecule has 0 saturated carbocycles. The van der Waals surface area contributed by atoms with Gasteiger partial charge in [-0.05, 0) is 77.3 Å². The molecule has 1 aliphatic heterocycles. The molecule has 0 unspecified atom stereocenters. The van der Waals surface area contributed by atoms with Crippen molar-refractivity contribution in [1.82, 2.24) is 14.8 Å². The average molecular weight is 341 g/mol. The average Bonchev–Trinajstić information content (AvgIpc) is 2.89. The van der Waals surface area contributed by atoms with Crippen LogP contribution in [0.2, 0.25) is 0 Å². The molecular formula is C21H31N3O. The normalized spacial score (nSPS) is 16.4. The van der Waals surface area contributed by atoms with Gasteiger partial charge < -0.3 is 14.8 Å². The Morgan fingerprint density at radius 2 is 1.96 bits per heavy atom. The number of nitrogens with zero attached hydrogens (tertiary/aromatic N) is 2. The fraction of sp³-hybridized carbons (Fsp3) is 0.571. The van der Waals surface area contributed by atoms with Crippen molar-refractivity contribution in [2.24, 2.45) is 5.92 Å². The highest BCUT2D eigenvalue weighted by Crippen LogP contribution is 2.25. The van der Waals surface area contributed by atoms with Crippen LogP contribution >= 0.6 is 0 Å². The smallest absolute Gasteiger partial charge is 0.253 e. The summed E-state index contributed by atoms with van der Waals surface area (Å²) in [6.45, 7) is 11.5. The van der Waals surface area contributed by atoms with Crippen LogP contribution < -0.4 is 0 Å². The lowest BCUT2D eigenvalue weighted by Gasteiger charge is -2.35. The van der Waals surface area contributed by atoms with Crippen LogP contribution in [0.25, 0.3) is 10.9 Å². The zero-order chi connectivity index (χ0) is 18.1. The maximum Gasteiger partial charge on any atom is 0.253 e. The van der Waals surface area contributed by atoms with E-state index in [0.29, 0.717) is 12.0 Å². The van der Waals surface area contributed by atoms with Gasteiger partial charge in [0.05, 0.1) is 0 Å².